The van der Waals surface area contributed by atoms with Gasteiger partial charge in [-0.1, -0.05) is 13.3 Å². The Balaban J connectivity index is 2.23. The van der Waals surface area contributed by atoms with E-state index < -0.39 is 17.7 Å². The van der Waals surface area contributed by atoms with Crippen LogP contribution in [-0.2, 0) is 16.0 Å². The van der Waals surface area contributed by atoms with Crippen LogP contribution in [0.1, 0.15) is 44.2 Å². The lowest BCUT2D eigenvalue weighted by molar-refractivity contribution is -0.137. The molecule has 2 aromatic rings. The highest BCUT2D eigenvalue weighted by molar-refractivity contribution is 5.88. The molecule has 1 heterocycles. The SMILES string of the molecule is CCCc1cc(=O)oc2cc(C)cc(OC(C)C(=O)NCCCC(=O)O)c12. The Bertz CT molecular complexity index is 886. The second-order valence-electron chi connectivity index (χ2n) is 6.53. The largest absolute Gasteiger partial charge is 0.481 e. The van der Waals surface area contributed by atoms with Crippen LogP contribution in [-0.4, -0.2) is 29.6 Å². The molecule has 0 bridgehead atoms. The van der Waals surface area contributed by atoms with E-state index in [9.17, 15) is 14.4 Å². The third kappa shape index (κ3) is 5.57. The monoisotopic (exact) mass is 375 g/mol. The second-order valence-corrected chi connectivity index (χ2v) is 6.53. The van der Waals surface area contributed by atoms with Crippen LogP contribution in [0.2, 0.25) is 0 Å². The van der Waals surface area contributed by atoms with E-state index in [1.54, 1.807) is 13.0 Å². The van der Waals surface area contributed by atoms with Crippen molar-refractivity contribution in [2.75, 3.05) is 6.54 Å². The first kappa shape index (κ1) is 20.5. The van der Waals surface area contributed by atoms with E-state index in [1.807, 2.05) is 19.9 Å². The molecule has 2 rings (SSSR count). The fraction of sp³-hybridized carbons (Fsp3) is 0.450. The molecule has 7 heteroatoms. The Morgan fingerprint density at radius 1 is 1.30 bits per heavy atom. The van der Waals surface area contributed by atoms with Gasteiger partial charge < -0.3 is 19.6 Å². The van der Waals surface area contributed by atoms with E-state index in [0.29, 0.717) is 29.6 Å². The molecule has 146 valence electrons. The highest BCUT2D eigenvalue weighted by atomic mass is 16.5. The van der Waals surface area contributed by atoms with Crippen molar-refractivity contribution >= 4 is 22.8 Å². The first-order valence-corrected chi connectivity index (χ1v) is 9.05. The first-order valence-electron chi connectivity index (χ1n) is 9.05. The van der Waals surface area contributed by atoms with Crippen LogP contribution >= 0.6 is 0 Å². The number of amides is 1. The average Bonchev–Trinajstić information content (AvgIpc) is 2.57. The van der Waals surface area contributed by atoms with Crippen LogP contribution < -0.4 is 15.7 Å². The smallest absolute Gasteiger partial charge is 0.336 e. The Morgan fingerprint density at radius 3 is 2.70 bits per heavy atom. The van der Waals surface area contributed by atoms with Gasteiger partial charge in [-0.25, -0.2) is 4.79 Å². The predicted molar refractivity (Wildman–Crippen MR) is 101 cm³/mol. The lowest BCUT2D eigenvalue weighted by Gasteiger charge is -2.17. The summed E-state index contributed by atoms with van der Waals surface area (Å²) in [7, 11) is 0. The number of aliphatic carboxylic acids is 1. The van der Waals surface area contributed by atoms with E-state index in [-0.39, 0.29) is 18.9 Å². The van der Waals surface area contributed by atoms with Gasteiger partial charge in [0.05, 0.1) is 5.39 Å². The quantitative estimate of drug-likeness (QED) is 0.516. The topological polar surface area (TPSA) is 106 Å². The number of hydrogen-bond acceptors (Lipinski definition) is 5. The normalized spacial score (nSPS) is 12.0. The van der Waals surface area contributed by atoms with Crippen LogP contribution in [0.3, 0.4) is 0 Å². The summed E-state index contributed by atoms with van der Waals surface area (Å²) in [6.07, 6.45) is 1.12. The Labute approximate surface area is 157 Å². The van der Waals surface area contributed by atoms with Crippen molar-refractivity contribution in [3.63, 3.8) is 0 Å². The number of nitrogens with one attached hydrogen (secondary N) is 1. The zero-order valence-electron chi connectivity index (χ0n) is 15.8. The van der Waals surface area contributed by atoms with Crippen molar-refractivity contribution in [1.82, 2.24) is 5.32 Å². The van der Waals surface area contributed by atoms with E-state index >= 15 is 0 Å². The lowest BCUT2D eigenvalue weighted by Crippen LogP contribution is -2.37. The molecule has 0 aliphatic rings. The summed E-state index contributed by atoms with van der Waals surface area (Å²) in [6, 6.07) is 5.06. The molecule has 7 nitrogen and oxygen atoms in total. The number of carboxylic acid groups (broad SMARTS) is 1. The van der Waals surface area contributed by atoms with Gasteiger partial charge in [0.1, 0.15) is 11.3 Å². The van der Waals surface area contributed by atoms with Crippen molar-refractivity contribution in [2.24, 2.45) is 0 Å². The maximum atomic E-state index is 12.2. The maximum Gasteiger partial charge on any atom is 0.336 e. The zero-order valence-corrected chi connectivity index (χ0v) is 15.8. The van der Waals surface area contributed by atoms with E-state index in [1.165, 1.54) is 6.07 Å². The average molecular weight is 375 g/mol. The van der Waals surface area contributed by atoms with E-state index in [4.69, 9.17) is 14.3 Å². The van der Waals surface area contributed by atoms with Crippen molar-refractivity contribution in [1.29, 1.82) is 0 Å². The third-order valence-corrected chi connectivity index (χ3v) is 4.09. The minimum Gasteiger partial charge on any atom is -0.481 e. The van der Waals surface area contributed by atoms with Crippen LogP contribution in [0, 0.1) is 6.92 Å². The maximum absolute atomic E-state index is 12.2. The molecule has 0 saturated heterocycles. The summed E-state index contributed by atoms with van der Waals surface area (Å²) in [5.41, 5.74) is 1.71. The molecule has 0 fully saturated rings. The molecule has 1 amide bonds. The summed E-state index contributed by atoms with van der Waals surface area (Å²) in [4.78, 5) is 34.6. The number of carbonyl (C=O) groups is 2. The van der Waals surface area contributed by atoms with Gasteiger partial charge in [-0.2, -0.15) is 0 Å². The van der Waals surface area contributed by atoms with Gasteiger partial charge in [-0.15, -0.1) is 0 Å². The molecule has 0 radical (unpaired) electrons. The summed E-state index contributed by atoms with van der Waals surface area (Å²) in [5, 5.41) is 12.0. The number of carboxylic acids is 1. The number of benzene rings is 1. The third-order valence-electron chi connectivity index (χ3n) is 4.09. The van der Waals surface area contributed by atoms with Crippen LogP contribution in [0.5, 0.6) is 5.75 Å². The molecule has 1 aromatic carbocycles. The molecule has 0 spiro atoms. The first-order chi connectivity index (χ1) is 12.8. The molecule has 0 saturated carbocycles. The fourth-order valence-corrected chi connectivity index (χ4v) is 2.87. The Morgan fingerprint density at radius 2 is 2.04 bits per heavy atom. The number of fused-ring (bicyclic) bond motifs is 1. The van der Waals surface area contributed by atoms with Crippen molar-refractivity contribution in [3.05, 3.63) is 39.7 Å². The van der Waals surface area contributed by atoms with Crippen molar-refractivity contribution in [3.8, 4) is 5.75 Å². The van der Waals surface area contributed by atoms with Crippen LogP contribution in [0.25, 0.3) is 11.0 Å². The van der Waals surface area contributed by atoms with Gasteiger partial charge in [0.25, 0.3) is 5.91 Å². The Hall–Kier alpha value is -2.83. The fourth-order valence-electron chi connectivity index (χ4n) is 2.87. The minimum absolute atomic E-state index is 0.00253. The van der Waals surface area contributed by atoms with Crippen molar-refractivity contribution < 1.29 is 23.8 Å². The number of rotatable bonds is 9. The molecule has 27 heavy (non-hydrogen) atoms. The van der Waals surface area contributed by atoms with Gasteiger partial charge >= 0.3 is 11.6 Å². The van der Waals surface area contributed by atoms with Crippen LogP contribution in [0.15, 0.2) is 27.4 Å². The molecule has 1 atom stereocenters. The van der Waals surface area contributed by atoms with Gasteiger partial charge in [0.15, 0.2) is 6.10 Å². The molecule has 1 aromatic heterocycles. The lowest BCUT2D eigenvalue weighted by atomic mass is 10.0. The zero-order chi connectivity index (χ0) is 20.0. The highest BCUT2D eigenvalue weighted by Gasteiger charge is 2.18. The second kappa shape index (κ2) is 9.21. The molecule has 2 N–H and O–H groups in total. The minimum atomic E-state index is -0.898. The van der Waals surface area contributed by atoms with Gasteiger partial charge in [-0.3, -0.25) is 9.59 Å². The van der Waals surface area contributed by atoms with E-state index in [2.05, 4.69) is 5.32 Å². The number of ether oxygens (including phenoxy) is 1. The molecule has 1 unspecified atom stereocenters. The highest BCUT2D eigenvalue weighted by Crippen LogP contribution is 2.31. The predicted octanol–water partition coefficient (Wildman–Crippen LogP) is 2.80. The summed E-state index contributed by atoms with van der Waals surface area (Å²) in [6.45, 7) is 5.76. The molecule has 0 aliphatic heterocycles. The van der Waals surface area contributed by atoms with Crippen molar-refractivity contribution in [2.45, 2.75) is 52.6 Å². The van der Waals surface area contributed by atoms with Gasteiger partial charge in [-0.05, 0) is 49.9 Å². The standard InChI is InChI=1S/C20H25NO6/c1-4-6-14-11-18(24)27-16-10-12(2)9-15(19(14)16)26-13(3)20(25)21-8-5-7-17(22)23/h9-11,13H,4-8H2,1-3H3,(H,21,25)(H,22,23). The molecule has 0 aliphatic carbocycles. The van der Waals surface area contributed by atoms with E-state index in [0.717, 1.165) is 17.5 Å². The summed E-state index contributed by atoms with van der Waals surface area (Å²) in [5.74, 6) is -0.736. The number of hydrogen-bond donors (Lipinski definition) is 2. The van der Waals surface area contributed by atoms with Crippen LogP contribution in [0.4, 0.5) is 0 Å². The number of carbonyl (C=O) groups excluding carboxylic acids is 1. The molecular formula is C20H25NO6. The van der Waals surface area contributed by atoms with Gasteiger partial charge in [0.2, 0.25) is 0 Å². The molecular weight excluding hydrogens is 350 g/mol. The number of aryl methyl sites for hydroxylation is 2. The summed E-state index contributed by atoms with van der Waals surface area (Å²) >= 11 is 0. The van der Waals surface area contributed by atoms with Gasteiger partial charge in [0, 0.05) is 19.0 Å². The summed E-state index contributed by atoms with van der Waals surface area (Å²) < 4.78 is 11.2. The Kier molecular flexibility index (Phi) is 6.98.